The lowest BCUT2D eigenvalue weighted by molar-refractivity contribution is -0.384. The smallest absolute Gasteiger partial charge is 0.311 e. The number of carbonyl (C=O) groups excluding carboxylic acids is 1. The number of aryl methyl sites for hydroxylation is 1. The fourth-order valence-electron chi connectivity index (χ4n) is 4.03. The van der Waals surface area contributed by atoms with Crippen molar-refractivity contribution in [2.45, 2.75) is 13.3 Å². The highest BCUT2D eigenvalue weighted by Crippen LogP contribution is 2.32. The summed E-state index contributed by atoms with van der Waals surface area (Å²) in [5, 5.41) is 17.3. The molecule has 1 saturated heterocycles. The van der Waals surface area contributed by atoms with Gasteiger partial charge in [-0.15, -0.1) is 0 Å². The standard InChI is InChI=1S/C25H30N8O3/c1-3-17-4-6-18(7-5-17)24-19(32-15-14-31(2)16-23(32)34)8-10-21(29-24)27-12-13-28-22-11-9-20(33(35)36)25(26)30-22/h4-11H,3,12-16H2,1-2H3,(H,27,29)(H3,26,28,30). The zero-order valence-electron chi connectivity index (χ0n) is 20.4. The molecule has 0 unspecified atom stereocenters. The lowest BCUT2D eigenvalue weighted by Gasteiger charge is -2.33. The summed E-state index contributed by atoms with van der Waals surface area (Å²) in [5.41, 5.74) is 9.16. The van der Waals surface area contributed by atoms with E-state index in [-0.39, 0.29) is 17.4 Å². The third kappa shape index (κ3) is 5.69. The van der Waals surface area contributed by atoms with Crippen LogP contribution in [0.3, 0.4) is 0 Å². The van der Waals surface area contributed by atoms with E-state index in [1.807, 2.05) is 41.1 Å². The number of nitrogens with zero attached hydrogens (tertiary/aromatic N) is 5. The first kappa shape index (κ1) is 24.9. The number of rotatable bonds is 9. The molecule has 0 bridgehead atoms. The van der Waals surface area contributed by atoms with Crippen molar-refractivity contribution in [1.29, 1.82) is 0 Å². The number of nitrogen functional groups attached to an aromatic ring is 1. The van der Waals surface area contributed by atoms with Gasteiger partial charge in [-0.25, -0.2) is 9.97 Å². The van der Waals surface area contributed by atoms with Crippen LogP contribution in [-0.2, 0) is 11.2 Å². The molecule has 2 aromatic heterocycles. The Bertz CT molecular complexity index is 1250. The summed E-state index contributed by atoms with van der Waals surface area (Å²) in [6, 6.07) is 14.9. The number of likely N-dealkylation sites (N-methyl/N-ethyl adjacent to an activating group) is 1. The zero-order chi connectivity index (χ0) is 25.7. The zero-order valence-corrected chi connectivity index (χ0v) is 20.4. The van der Waals surface area contributed by atoms with Crippen molar-refractivity contribution < 1.29 is 9.72 Å². The van der Waals surface area contributed by atoms with Crippen LogP contribution in [0.15, 0.2) is 48.5 Å². The predicted molar refractivity (Wildman–Crippen MR) is 141 cm³/mol. The molecule has 0 spiro atoms. The number of carbonyl (C=O) groups is 1. The molecule has 3 heterocycles. The highest BCUT2D eigenvalue weighted by Gasteiger charge is 2.26. The van der Waals surface area contributed by atoms with Gasteiger partial charge in [-0.3, -0.25) is 19.8 Å². The summed E-state index contributed by atoms with van der Waals surface area (Å²) in [4.78, 5) is 35.8. The summed E-state index contributed by atoms with van der Waals surface area (Å²) in [6.45, 7) is 4.91. The monoisotopic (exact) mass is 490 g/mol. The molecule has 0 saturated carbocycles. The van der Waals surface area contributed by atoms with Crippen molar-refractivity contribution in [3.8, 4) is 11.3 Å². The summed E-state index contributed by atoms with van der Waals surface area (Å²) >= 11 is 0. The molecule has 36 heavy (non-hydrogen) atoms. The SMILES string of the molecule is CCc1ccc(-c2nc(NCCNc3ccc([N+](=O)[O-])c(N)n3)ccc2N2CCN(C)CC2=O)cc1. The number of nitro groups is 1. The minimum Gasteiger partial charge on any atom is -0.378 e. The largest absolute Gasteiger partial charge is 0.378 e. The molecule has 1 aliphatic heterocycles. The second-order valence-corrected chi connectivity index (χ2v) is 8.61. The van der Waals surface area contributed by atoms with E-state index >= 15 is 0 Å². The summed E-state index contributed by atoms with van der Waals surface area (Å²) < 4.78 is 0. The first-order valence-corrected chi connectivity index (χ1v) is 11.8. The Labute approximate surface area is 209 Å². The van der Waals surface area contributed by atoms with E-state index in [4.69, 9.17) is 10.7 Å². The van der Waals surface area contributed by atoms with E-state index < -0.39 is 4.92 Å². The Morgan fingerprint density at radius 3 is 2.28 bits per heavy atom. The van der Waals surface area contributed by atoms with E-state index in [9.17, 15) is 14.9 Å². The van der Waals surface area contributed by atoms with Crippen LogP contribution < -0.4 is 21.3 Å². The Morgan fingerprint density at radius 2 is 1.67 bits per heavy atom. The number of piperazine rings is 1. The minimum absolute atomic E-state index is 0.0526. The molecule has 3 aromatic rings. The van der Waals surface area contributed by atoms with Crippen LogP contribution in [0.25, 0.3) is 11.3 Å². The molecular weight excluding hydrogens is 460 g/mol. The van der Waals surface area contributed by atoms with Gasteiger partial charge in [0, 0.05) is 37.8 Å². The van der Waals surface area contributed by atoms with E-state index in [0.717, 1.165) is 29.9 Å². The van der Waals surface area contributed by atoms with Crippen LogP contribution >= 0.6 is 0 Å². The van der Waals surface area contributed by atoms with Crippen molar-refractivity contribution in [3.05, 3.63) is 64.2 Å². The molecule has 1 fully saturated rings. The molecule has 4 rings (SSSR count). The average Bonchev–Trinajstić information content (AvgIpc) is 2.87. The van der Waals surface area contributed by atoms with E-state index in [0.29, 0.717) is 37.8 Å². The normalized spacial score (nSPS) is 14.1. The van der Waals surface area contributed by atoms with Crippen LogP contribution in [0.1, 0.15) is 12.5 Å². The highest BCUT2D eigenvalue weighted by atomic mass is 16.6. The average molecular weight is 491 g/mol. The van der Waals surface area contributed by atoms with Gasteiger partial charge in [-0.1, -0.05) is 31.2 Å². The van der Waals surface area contributed by atoms with Crippen molar-refractivity contribution in [3.63, 3.8) is 0 Å². The molecular formula is C25H30N8O3. The number of aromatic nitrogens is 2. The van der Waals surface area contributed by atoms with Gasteiger partial charge in [-0.2, -0.15) is 0 Å². The van der Waals surface area contributed by atoms with Gasteiger partial charge in [0.05, 0.1) is 22.8 Å². The number of benzene rings is 1. The van der Waals surface area contributed by atoms with Gasteiger partial charge in [0.25, 0.3) is 0 Å². The van der Waals surface area contributed by atoms with Gasteiger partial charge in [0.1, 0.15) is 11.6 Å². The maximum absolute atomic E-state index is 12.8. The Kier molecular flexibility index (Phi) is 7.59. The number of nitrogens with two attached hydrogens (primary N) is 1. The van der Waals surface area contributed by atoms with Crippen molar-refractivity contribution in [2.24, 2.45) is 0 Å². The molecule has 0 atom stereocenters. The third-order valence-corrected chi connectivity index (χ3v) is 6.05. The second kappa shape index (κ2) is 11.0. The Morgan fingerprint density at radius 1 is 1.00 bits per heavy atom. The summed E-state index contributed by atoms with van der Waals surface area (Å²) in [6.07, 6.45) is 0.946. The van der Waals surface area contributed by atoms with Crippen LogP contribution in [-0.4, -0.2) is 65.5 Å². The topological polar surface area (TPSA) is 143 Å². The number of nitrogens with one attached hydrogen (secondary N) is 2. The van der Waals surface area contributed by atoms with Crippen molar-refractivity contribution >= 4 is 34.7 Å². The summed E-state index contributed by atoms with van der Waals surface area (Å²) in [5.74, 6) is 1.05. The molecule has 11 nitrogen and oxygen atoms in total. The fourth-order valence-corrected chi connectivity index (χ4v) is 4.03. The molecule has 188 valence electrons. The van der Waals surface area contributed by atoms with Gasteiger partial charge in [0.15, 0.2) is 0 Å². The molecule has 4 N–H and O–H groups in total. The number of amides is 1. The van der Waals surface area contributed by atoms with E-state index in [1.54, 1.807) is 0 Å². The quantitative estimate of drug-likeness (QED) is 0.234. The lowest BCUT2D eigenvalue weighted by Crippen LogP contribution is -2.49. The first-order chi connectivity index (χ1) is 17.4. The number of hydrogen-bond donors (Lipinski definition) is 3. The van der Waals surface area contributed by atoms with Crippen LogP contribution in [0.2, 0.25) is 0 Å². The van der Waals surface area contributed by atoms with Crippen LogP contribution in [0, 0.1) is 10.1 Å². The first-order valence-electron chi connectivity index (χ1n) is 11.8. The van der Waals surface area contributed by atoms with Crippen LogP contribution in [0.4, 0.5) is 28.8 Å². The summed E-state index contributed by atoms with van der Waals surface area (Å²) in [7, 11) is 1.94. The lowest BCUT2D eigenvalue weighted by atomic mass is 10.0. The number of pyridine rings is 2. The molecule has 11 heteroatoms. The van der Waals surface area contributed by atoms with E-state index in [1.165, 1.54) is 17.7 Å². The van der Waals surface area contributed by atoms with Gasteiger partial charge in [0.2, 0.25) is 11.7 Å². The van der Waals surface area contributed by atoms with E-state index in [2.05, 4.69) is 34.7 Å². The third-order valence-electron chi connectivity index (χ3n) is 6.05. The van der Waals surface area contributed by atoms with Gasteiger partial charge < -0.3 is 21.3 Å². The predicted octanol–water partition coefficient (Wildman–Crippen LogP) is 3.00. The minimum atomic E-state index is -0.563. The van der Waals surface area contributed by atoms with Crippen LogP contribution in [0.5, 0.6) is 0 Å². The van der Waals surface area contributed by atoms with Crippen molar-refractivity contribution in [1.82, 2.24) is 14.9 Å². The molecule has 1 amide bonds. The van der Waals surface area contributed by atoms with Crippen molar-refractivity contribution in [2.75, 3.05) is 61.0 Å². The number of hydrogen-bond acceptors (Lipinski definition) is 9. The Balaban J connectivity index is 1.49. The fraction of sp³-hybridized carbons (Fsp3) is 0.320. The number of anilines is 4. The van der Waals surface area contributed by atoms with Gasteiger partial charge in [-0.05, 0) is 37.2 Å². The molecule has 1 aromatic carbocycles. The Hall–Kier alpha value is -4.25. The maximum Gasteiger partial charge on any atom is 0.311 e. The highest BCUT2D eigenvalue weighted by molar-refractivity contribution is 5.99. The molecule has 1 aliphatic rings. The maximum atomic E-state index is 12.8. The second-order valence-electron chi connectivity index (χ2n) is 8.61. The molecule has 0 aliphatic carbocycles. The van der Waals surface area contributed by atoms with Gasteiger partial charge >= 0.3 is 5.69 Å². The molecule has 0 radical (unpaired) electrons.